The average Bonchev–Trinajstić information content (AvgIpc) is 2.62. The van der Waals surface area contributed by atoms with Gasteiger partial charge in [-0.3, -0.25) is 4.68 Å². The molecule has 1 rings (SSSR count). The van der Waals surface area contributed by atoms with Crippen molar-refractivity contribution in [3.05, 3.63) is 17.0 Å². The van der Waals surface area contributed by atoms with Crippen LogP contribution in [-0.4, -0.2) is 22.4 Å². The highest BCUT2D eigenvalue weighted by Crippen LogP contribution is 2.20. The molecule has 1 unspecified atom stereocenters. The van der Waals surface area contributed by atoms with Crippen LogP contribution in [-0.2, 0) is 13.5 Å². The molecule has 0 aromatic carbocycles. The molecule has 0 radical (unpaired) electrons. The van der Waals surface area contributed by atoms with Gasteiger partial charge in [-0.05, 0) is 44.7 Å². The number of nitrogens with one attached hydrogen (secondary N) is 1. The van der Waals surface area contributed by atoms with Crippen LogP contribution in [0.4, 0.5) is 0 Å². The van der Waals surface area contributed by atoms with Crippen LogP contribution in [0.5, 0.6) is 0 Å². The van der Waals surface area contributed by atoms with Gasteiger partial charge in [0, 0.05) is 18.8 Å². The van der Waals surface area contributed by atoms with Crippen LogP contribution in [0, 0.1) is 19.8 Å². The highest BCUT2D eigenvalue weighted by atomic mass is 15.3. The third-order valence-electron chi connectivity index (χ3n) is 4.45. The fraction of sp³-hybridized carbons (Fsp3) is 0.812. The summed E-state index contributed by atoms with van der Waals surface area (Å²) >= 11 is 0. The molecule has 110 valence electrons. The Hall–Kier alpha value is -0.830. The highest BCUT2D eigenvalue weighted by molar-refractivity contribution is 5.24. The van der Waals surface area contributed by atoms with E-state index in [9.17, 15) is 0 Å². The molecule has 0 saturated carbocycles. The van der Waals surface area contributed by atoms with Gasteiger partial charge in [-0.2, -0.15) is 5.10 Å². The monoisotopic (exact) mass is 265 g/mol. The summed E-state index contributed by atoms with van der Waals surface area (Å²) in [6, 6.07) is 0.638. The SMILES string of the molecule is CCNC(CCc1c(C)nn(C)c1C)C(CC)CC. The minimum atomic E-state index is 0.638. The first-order valence-corrected chi connectivity index (χ1v) is 7.77. The first-order valence-electron chi connectivity index (χ1n) is 7.77. The second-order valence-electron chi connectivity index (χ2n) is 5.55. The quantitative estimate of drug-likeness (QED) is 0.781. The Morgan fingerprint density at radius 2 is 1.79 bits per heavy atom. The van der Waals surface area contributed by atoms with Gasteiger partial charge >= 0.3 is 0 Å². The number of aromatic nitrogens is 2. The molecule has 3 nitrogen and oxygen atoms in total. The van der Waals surface area contributed by atoms with Gasteiger partial charge in [0.2, 0.25) is 0 Å². The van der Waals surface area contributed by atoms with Gasteiger partial charge in [-0.1, -0.05) is 33.6 Å². The number of hydrogen-bond donors (Lipinski definition) is 1. The Balaban J connectivity index is 2.70. The Morgan fingerprint density at radius 3 is 2.21 bits per heavy atom. The van der Waals surface area contributed by atoms with Crippen molar-refractivity contribution in [3.63, 3.8) is 0 Å². The highest BCUT2D eigenvalue weighted by Gasteiger charge is 2.19. The van der Waals surface area contributed by atoms with Crippen molar-refractivity contribution in [1.82, 2.24) is 15.1 Å². The lowest BCUT2D eigenvalue weighted by Crippen LogP contribution is -2.36. The lowest BCUT2D eigenvalue weighted by Gasteiger charge is -2.26. The molecule has 3 heteroatoms. The van der Waals surface area contributed by atoms with E-state index in [0.29, 0.717) is 6.04 Å². The fourth-order valence-corrected chi connectivity index (χ4v) is 3.10. The average molecular weight is 265 g/mol. The Morgan fingerprint density at radius 1 is 1.16 bits per heavy atom. The summed E-state index contributed by atoms with van der Waals surface area (Å²) in [5.41, 5.74) is 3.95. The minimum Gasteiger partial charge on any atom is -0.314 e. The van der Waals surface area contributed by atoms with E-state index in [-0.39, 0.29) is 0 Å². The molecule has 0 aliphatic carbocycles. The maximum absolute atomic E-state index is 4.52. The summed E-state index contributed by atoms with van der Waals surface area (Å²) < 4.78 is 2.00. The molecule has 19 heavy (non-hydrogen) atoms. The number of nitrogens with zero attached hydrogens (tertiary/aromatic N) is 2. The van der Waals surface area contributed by atoms with Crippen LogP contribution in [0.3, 0.4) is 0 Å². The molecule has 0 amide bonds. The van der Waals surface area contributed by atoms with Crippen molar-refractivity contribution in [2.75, 3.05) is 6.54 Å². The maximum atomic E-state index is 4.52. The minimum absolute atomic E-state index is 0.638. The maximum Gasteiger partial charge on any atom is 0.0628 e. The first kappa shape index (κ1) is 16.2. The number of hydrogen-bond acceptors (Lipinski definition) is 2. The van der Waals surface area contributed by atoms with Gasteiger partial charge in [-0.15, -0.1) is 0 Å². The number of aryl methyl sites for hydroxylation is 2. The van der Waals surface area contributed by atoms with Crippen LogP contribution < -0.4 is 5.32 Å². The summed E-state index contributed by atoms with van der Waals surface area (Å²) in [7, 11) is 2.04. The topological polar surface area (TPSA) is 29.9 Å². The molecular formula is C16H31N3. The standard InChI is InChI=1S/C16H31N3/c1-7-14(8-2)16(17-9-3)11-10-15-12(4)18-19(6)13(15)5/h14,16-17H,7-11H2,1-6H3. The van der Waals surface area contributed by atoms with Gasteiger partial charge < -0.3 is 5.32 Å². The zero-order chi connectivity index (χ0) is 14.4. The summed E-state index contributed by atoms with van der Waals surface area (Å²) in [5.74, 6) is 0.789. The lowest BCUT2D eigenvalue weighted by atomic mass is 9.89. The zero-order valence-electron chi connectivity index (χ0n) is 13.6. The summed E-state index contributed by atoms with van der Waals surface area (Å²) in [4.78, 5) is 0. The van der Waals surface area contributed by atoms with Crippen molar-refractivity contribution in [3.8, 4) is 0 Å². The van der Waals surface area contributed by atoms with Crippen LogP contribution in [0.15, 0.2) is 0 Å². The van der Waals surface area contributed by atoms with Gasteiger partial charge in [0.15, 0.2) is 0 Å². The van der Waals surface area contributed by atoms with E-state index in [1.165, 1.54) is 36.2 Å². The smallest absolute Gasteiger partial charge is 0.0628 e. The fourth-order valence-electron chi connectivity index (χ4n) is 3.10. The second kappa shape index (κ2) is 7.68. The molecule has 1 atom stereocenters. The van der Waals surface area contributed by atoms with E-state index in [4.69, 9.17) is 0 Å². The van der Waals surface area contributed by atoms with Crippen molar-refractivity contribution in [2.24, 2.45) is 13.0 Å². The Kier molecular flexibility index (Phi) is 6.56. The predicted octanol–water partition coefficient (Wildman–Crippen LogP) is 3.38. The molecule has 0 bridgehead atoms. The van der Waals surface area contributed by atoms with Crippen LogP contribution >= 0.6 is 0 Å². The third-order valence-corrected chi connectivity index (χ3v) is 4.45. The molecule has 0 saturated heterocycles. The predicted molar refractivity (Wildman–Crippen MR) is 82.5 cm³/mol. The molecule has 1 aromatic rings. The largest absolute Gasteiger partial charge is 0.314 e. The van der Waals surface area contributed by atoms with E-state index >= 15 is 0 Å². The third kappa shape index (κ3) is 4.07. The van der Waals surface area contributed by atoms with Crippen molar-refractivity contribution in [2.45, 2.75) is 66.3 Å². The molecule has 0 spiro atoms. The van der Waals surface area contributed by atoms with E-state index in [2.05, 4.69) is 45.0 Å². The van der Waals surface area contributed by atoms with E-state index in [0.717, 1.165) is 18.9 Å². The van der Waals surface area contributed by atoms with Gasteiger partial charge in [0.05, 0.1) is 5.69 Å². The molecule has 1 heterocycles. The van der Waals surface area contributed by atoms with E-state index < -0.39 is 0 Å². The van der Waals surface area contributed by atoms with E-state index in [1.54, 1.807) is 0 Å². The first-order chi connectivity index (χ1) is 9.04. The Bertz CT molecular complexity index is 378. The summed E-state index contributed by atoms with van der Waals surface area (Å²) in [5, 5.41) is 8.19. The molecule has 1 aromatic heterocycles. The Labute approximate surface area is 118 Å². The molecule has 0 aliphatic rings. The molecule has 1 N–H and O–H groups in total. The van der Waals surface area contributed by atoms with Crippen LogP contribution in [0.2, 0.25) is 0 Å². The lowest BCUT2D eigenvalue weighted by molar-refractivity contribution is 0.322. The second-order valence-corrected chi connectivity index (χ2v) is 5.55. The normalized spacial score (nSPS) is 13.2. The van der Waals surface area contributed by atoms with Gasteiger partial charge in [-0.25, -0.2) is 0 Å². The molecule has 0 fully saturated rings. The summed E-state index contributed by atoms with van der Waals surface area (Å²) in [6.07, 6.45) is 4.88. The van der Waals surface area contributed by atoms with Crippen molar-refractivity contribution < 1.29 is 0 Å². The van der Waals surface area contributed by atoms with Crippen LogP contribution in [0.25, 0.3) is 0 Å². The van der Waals surface area contributed by atoms with Gasteiger partial charge in [0.1, 0.15) is 0 Å². The van der Waals surface area contributed by atoms with Crippen molar-refractivity contribution >= 4 is 0 Å². The van der Waals surface area contributed by atoms with E-state index in [1.807, 2.05) is 11.7 Å². The molecular weight excluding hydrogens is 234 g/mol. The number of rotatable bonds is 8. The zero-order valence-corrected chi connectivity index (χ0v) is 13.6. The summed E-state index contributed by atoms with van der Waals surface area (Å²) in [6.45, 7) is 12.2. The van der Waals surface area contributed by atoms with Crippen LogP contribution in [0.1, 0.15) is 57.0 Å². The van der Waals surface area contributed by atoms with Crippen molar-refractivity contribution in [1.29, 1.82) is 0 Å². The molecule has 0 aliphatic heterocycles. The van der Waals surface area contributed by atoms with Gasteiger partial charge in [0.25, 0.3) is 0 Å².